The van der Waals surface area contributed by atoms with Gasteiger partial charge in [0.05, 0.1) is 0 Å². The fraction of sp³-hybridized carbons (Fsp3) is 0.607. The van der Waals surface area contributed by atoms with E-state index in [4.69, 9.17) is 0 Å². The van der Waals surface area contributed by atoms with Crippen molar-refractivity contribution in [2.75, 3.05) is 31.1 Å². The molecule has 4 rings (SSSR count). The Balaban J connectivity index is 1.39. The van der Waals surface area contributed by atoms with E-state index in [2.05, 4.69) is 58.7 Å². The molecule has 5 nitrogen and oxygen atoms in total. The summed E-state index contributed by atoms with van der Waals surface area (Å²) in [5.41, 5.74) is 4.16. The van der Waals surface area contributed by atoms with Gasteiger partial charge < -0.3 is 4.90 Å². The molecule has 2 fully saturated rings. The molecule has 0 bridgehead atoms. The summed E-state index contributed by atoms with van der Waals surface area (Å²) in [6.07, 6.45) is 9.58. The van der Waals surface area contributed by atoms with E-state index in [1.165, 1.54) is 56.3 Å². The Morgan fingerprint density at radius 2 is 1.97 bits per heavy atom. The Morgan fingerprint density at radius 3 is 2.70 bits per heavy atom. The van der Waals surface area contributed by atoms with Gasteiger partial charge in [-0.1, -0.05) is 38.5 Å². The molecular formula is C28H40N4O. The summed E-state index contributed by atoms with van der Waals surface area (Å²) in [5.74, 6) is 2.58. The number of Topliss-reactive ketones (excluding diaryl/α,β-unsaturated/α-hetero) is 1. The van der Waals surface area contributed by atoms with Crippen LogP contribution < -0.4 is 4.90 Å². The monoisotopic (exact) mass is 448 g/mol. The van der Waals surface area contributed by atoms with Crippen molar-refractivity contribution in [2.45, 2.75) is 72.3 Å². The maximum absolute atomic E-state index is 13.1. The SMILES string of the molecule is CCCN(CC1CC1)c1cc(C(=O)Cc2ccc(CN3CCCC(CC)C3)cc2C)ncn1. The summed E-state index contributed by atoms with van der Waals surface area (Å²) in [6.45, 7) is 12.0. The number of piperidine rings is 1. The average Bonchev–Trinajstić information content (AvgIpc) is 3.65. The smallest absolute Gasteiger partial charge is 0.185 e. The third-order valence-electron chi connectivity index (χ3n) is 7.28. The maximum Gasteiger partial charge on any atom is 0.185 e. The first-order valence-corrected chi connectivity index (χ1v) is 13.0. The molecule has 1 saturated carbocycles. The van der Waals surface area contributed by atoms with Crippen LogP contribution in [0, 0.1) is 18.8 Å². The van der Waals surface area contributed by atoms with E-state index < -0.39 is 0 Å². The van der Waals surface area contributed by atoms with Crippen LogP contribution in [-0.4, -0.2) is 46.8 Å². The third kappa shape index (κ3) is 6.63. The Kier molecular flexibility index (Phi) is 8.13. The molecule has 0 spiro atoms. The molecule has 1 unspecified atom stereocenters. The Morgan fingerprint density at radius 1 is 1.12 bits per heavy atom. The number of benzene rings is 1. The van der Waals surface area contributed by atoms with Gasteiger partial charge in [0.25, 0.3) is 0 Å². The number of likely N-dealkylation sites (tertiary alicyclic amines) is 1. The van der Waals surface area contributed by atoms with Crippen molar-refractivity contribution in [3.63, 3.8) is 0 Å². The van der Waals surface area contributed by atoms with Crippen molar-refractivity contribution in [3.8, 4) is 0 Å². The van der Waals surface area contributed by atoms with Crippen molar-refractivity contribution in [2.24, 2.45) is 11.8 Å². The first-order valence-electron chi connectivity index (χ1n) is 13.0. The lowest BCUT2D eigenvalue weighted by Crippen LogP contribution is -2.34. The third-order valence-corrected chi connectivity index (χ3v) is 7.28. The zero-order valence-electron chi connectivity index (χ0n) is 20.7. The van der Waals surface area contributed by atoms with Gasteiger partial charge >= 0.3 is 0 Å². The van der Waals surface area contributed by atoms with Crippen LogP contribution in [0.4, 0.5) is 5.82 Å². The van der Waals surface area contributed by atoms with E-state index >= 15 is 0 Å². The standard InChI is InChI=1S/C28H40N4O/c1-4-12-32(19-23-8-9-23)28-16-26(29-20-30-28)27(33)15-25-11-10-24(14-21(25)3)18-31-13-6-7-22(5-2)17-31/h10-11,14,16,20,22-23H,4-9,12-13,15,17-19H2,1-3H3. The lowest BCUT2D eigenvalue weighted by atomic mass is 9.94. The lowest BCUT2D eigenvalue weighted by Gasteiger charge is -2.32. The highest BCUT2D eigenvalue weighted by molar-refractivity contribution is 5.96. The van der Waals surface area contributed by atoms with E-state index in [0.717, 1.165) is 49.3 Å². The number of aromatic nitrogens is 2. The fourth-order valence-electron chi connectivity index (χ4n) is 5.06. The van der Waals surface area contributed by atoms with Gasteiger partial charge in [-0.3, -0.25) is 9.69 Å². The van der Waals surface area contributed by atoms with Gasteiger partial charge in [-0.15, -0.1) is 0 Å². The van der Waals surface area contributed by atoms with E-state index in [9.17, 15) is 4.79 Å². The summed E-state index contributed by atoms with van der Waals surface area (Å²) in [6, 6.07) is 8.50. The number of ketones is 1. The molecular weight excluding hydrogens is 408 g/mol. The van der Waals surface area contributed by atoms with E-state index in [1.807, 2.05) is 6.07 Å². The summed E-state index contributed by atoms with van der Waals surface area (Å²) in [7, 11) is 0. The number of aryl methyl sites for hydroxylation is 1. The average molecular weight is 449 g/mol. The number of carbonyl (C=O) groups is 1. The minimum Gasteiger partial charge on any atom is -0.356 e. The number of nitrogens with zero attached hydrogens (tertiary/aromatic N) is 4. The van der Waals surface area contributed by atoms with Crippen LogP contribution in [0.15, 0.2) is 30.6 Å². The van der Waals surface area contributed by atoms with E-state index in [1.54, 1.807) is 6.33 Å². The van der Waals surface area contributed by atoms with Crippen molar-refractivity contribution in [3.05, 3.63) is 53.0 Å². The molecule has 1 aliphatic heterocycles. The summed E-state index contributed by atoms with van der Waals surface area (Å²) in [5, 5.41) is 0. The number of hydrogen-bond acceptors (Lipinski definition) is 5. The largest absolute Gasteiger partial charge is 0.356 e. The topological polar surface area (TPSA) is 49.3 Å². The molecule has 1 aromatic carbocycles. The van der Waals surface area contributed by atoms with Crippen LogP contribution in [0.1, 0.15) is 79.6 Å². The molecule has 5 heteroatoms. The van der Waals surface area contributed by atoms with Crippen molar-refractivity contribution in [1.29, 1.82) is 0 Å². The zero-order chi connectivity index (χ0) is 23.2. The van der Waals surface area contributed by atoms with Gasteiger partial charge in [0.15, 0.2) is 5.78 Å². The molecule has 1 aliphatic carbocycles. The van der Waals surface area contributed by atoms with E-state index in [-0.39, 0.29) is 5.78 Å². The number of hydrogen-bond donors (Lipinski definition) is 0. The van der Waals surface area contributed by atoms with E-state index in [0.29, 0.717) is 12.1 Å². The van der Waals surface area contributed by atoms with Crippen LogP contribution in [0.25, 0.3) is 0 Å². The molecule has 1 atom stereocenters. The highest BCUT2D eigenvalue weighted by Crippen LogP contribution is 2.31. The Hall–Kier alpha value is -2.27. The second-order valence-electron chi connectivity index (χ2n) is 10.2. The predicted molar refractivity (Wildman–Crippen MR) is 135 cm³/mol. The van der Waals surface area contributed by atoms with Crippen molar-refractivity contribution >= 4 is 11.6 Å². The Labute approximate surface area is 199 Å². The zero-order valence-corrected chi connectivity index (χ0v) is 20.7. The first-order chi connectivity index (χ1) is 16.1. The van der Waals surface area contributed by atoms with Crippen LogP contribution in [0.5, 0.6) is 0 Å². The minimum absolute atomic E-state index is 0.0687. The molecule has 178 valence electrons. The van der Waals surface area contributed by atoms with Crippen molar-refractivity contribution in [1.82, 2.24) is 14.9 Å². The summed E-state index contributed by atoms with van der Waals surface area (Å²) < 4.78 is 0. The predicted octanol–water partition coefficient (Wildman–Crippen LogP) is 5.46. The molecule has 2 aromatic rings. The summed E-state index contributed by atoms with van der Waals surface area (Å²) in [4.78, 5) is 26.8. The van der Waals surface area contributed by atoms with Crippen LogP contribution in [-0.2, 0) is 13.0 Å². The molecule has 2 heterocycles. The second kappa shape index (κ2) is 11.2. The van der Waals surface area contributed by atoms with Gasteiger partial charge in [0.1, 0.15) is 17.8 Å². The Bertz CT molecular complexity index is 939. The fourth-order valence-corrected chi connectivity index (χ4v) is 5.06. The second-order valence-corrected chi connectivity index (χ2v) is 10.2. The van der Waals surface area contributed by atoms with Gasteiger partial charge in [-0.25, -0.2) is 9.97 Å². The molecule has 1 aromatic heterocycles. The molecule has 2 aliphatic rings. The molecule has 0 amide bonds. The first kappa shape index (κ1) is 23.9. The number of carbonyl (C=O) groups excluding carboxylic acids is 1. The number of rotatable bonds is 11. The van der Waals surface area contributed by atoms with Gasteiger partial charge in [0, 0.05) is 38.7 Å². The molecule has 33 heavy (non-hydrogen) atoms. The van der Waals surface area contributed by atoms with Crippen LogP contribution in [0.3, 0.4) is 0 Å². The van der Waals surface area contributed by atoms with Crippen LogP contribution in [0.2, 0.25) is 0 Å². The maximum atomic E-state index is 13.1. The van der Waals surface area contributed by atoms with Gasteiger partial charge in [0.2, 0.25) is 0 Å². The van der Waals surface area contributed by atoms with Crippen LogP contribution >= 0.6 is 0 Å². The molecule has 0 radical (unpaired) electrons. The normalized spacial score (nSPS) is 18.9. The van der Waals surface area contributed by atoms with Gasteiger partial charge in [-0.2, -0.15) is 0 Å². The van der Waals surface area contributed by atoms with Gasteiger partial charge in [-0.05, 0) is 74.1 Å². The highest BCUT2D eigenvalue weighted by atomic mass is 16.1. The quantitative estimate of drug-likeness (QED) is 0.427. The summed E-state index contributed by atoms with van der Waals surface area (Å²) >= 11 is 0. The highest BCUT2D eigenvalue weighted by Gasteiger charge is 2.25. The molecule has 1 saturated heterocycles. The van der Waals surface area contributed by atoms with Crippen molar-refractivity contribution < 1.29 is 4.79 Å². The minimum atomic E-state index is 0.0687. The molecule has 0 N–H and O–H groups in total. The lowest BCUT2D eigenvalue weighted by molar-refractivity contribution is 0.0988. The number of anilines is 1.